The summed E-state index contributed by atoms with van der Waals surface area (Å²) >= 11 is 0. The Morgan fingerprint density at radius 1 is 0.958 bits per heavy atom. The second-order valence-electron chi connectivity index (χ2n) is 12.8. The number of rotatable bonds is 9. The molecule has 2 aliphatic rings. The first-order valence-corrected chi connectivity index (χ1v) is 16.8. The topological polar surface area (TPSA) is 125 Å². The second kappa shape index (κ2) is 13.2. The van der Waals surface area contributed by atoms with E-state index in [2.05, 4.69) is 35.4 Å². The molecule has 1 aliphatic heterocycles. The lowest BCUT2D eigenvalue weighted by molar-refractivity contribution is -0.120. The SMILES string of the molecule is O=C(Nc1cncc(-c2ccc3[nH]nc(-c4nc5nccc(-c6cc(F)cc(OCCN7CCCC7)c6)c5[nH]4)c3c2)c1)C1CCCCC1. The van der Waals surface area contributed by atoms with E-state index in [1.165, 1.54) is 31.4 Å². The van der Waals surface area contributed by atoms with Gasteiger partial charge in [0.05, 0.1) is 22.9 Å². The minimum absolute atomic E-state index is 0.0620. The van der Waals surface area contributed by atoms with Crippen molar-refractivity contribution in [3.63, 3.8) is 0 Å². The highest BCUT2D eigenvalue weighted by molar-refractivity contribution is 5.98. The number of ether oxygens (including phenoxy) is 1. The lowest BCUT2D eigenvalue weighted by Crippen LogP contribution is -2.25. The fourth-order valence-corrected chi connectivity index (χ4v) is 7.01. The summed E-state index contributed by atoms with van der Waals surface area (Å²) in [4.78, 5) is 32.3. The predicted molar refractivity (Wildman–Crippen MR) is 184 cm³/mol. The Morgan fingerprint density at radius 3 is 2.71 bits per heavy atom. The van der Waals surface area contributed by atoms with Crippen LogP contribution in [0, 0.1) is 11.7 Å². The van der Waals surface area contributed by atoms with Crippen molar-refractivity contribution < 1.29 is 13.9 Å². The van der Waals surface area contributed by atoms with E-state index in [1.54, 1.807) is 18.6 Å². The van der Waals surface area contributed by atoms with Crippen LogP contribution in [0.4, 0.5) is 10.1 Å². The first kappa shape index (κ1) is 30.2. The molecule has 48 heavy (non-hydrogen) atoms. The minimum atomic E-state index is -0.369. The van der Waals surface area contributed by atoms with E-state index in [0.29, 0.717) is 46.3 Å². The highest BCUT2D eigenvalue weighted by atomic mass is 19.1. The van der Waals surface area contributed by atoms with Gasteiger partial charge in [-0.3, -0.25) is 19.8 Å². The zero-order chi connectivity index (χ0) is 32.5. The number of amides is 1. The lowest BCUT2D eigenvalue weighted by atomic mass is 9.88. The van der Waals surface area contributed by atoms with Crippen molar-refractivity contribution in [3.05, 3.63) is 72.9 Å². The molecule has 244 valence electrons. The van der Waals surface area contributed by atoms with E-state index in [4.69, 9.17) is 9.72 Å². The molecule has 2 aromatic carbocycles. The van der Waals surface area contributed by atoms with E-state index in [1.807, 2.05) is 36.4 Å². The molecule has 1 saturated heterocycles. The van der Waals surface area contributed by atoms with Crippen molar-refractivity contribution in [2.75, 3.05) is 31.6 Å². The molecule has 0 bridgehead atoms. The standard InChI is InChI=1S/C37H37FN8O2/c38-27-16-25(18-29(20-27)48-15-14-46-12-4-5-13-46)30-10-11-40-35-33(30)42-36(43-35)34-31-19-24(8-9-32(31)44-45-34)26-17-28(22-39-21-26)41-37(47)23-6-2-1-3-7-23/h8-11,16-23H,1-7,12-15H2,(H,41,47)(H,44,45)(H,40,42,43). The van der Waals surface area contributed by atoms with Crippen molar-refractivity contribution in [1.82, 2.24) is 35.0 Å². The largest absolute Gasteiger partial charge is 0.492 e. The van der Waals surface area contributed by atoms with Crippen LogP contribution in [-0.2, 0) is 4.79 Å². The monoisotopic (exact) mass is 644 g/mol. The highest BCUT2D eigenvalue weighted by Crippen LogP contribution is 2.34. The first-order valence-electron chi connectivity index (χ1n) is 16.8. The van der Waals surface area contributed by atoms with E-state index < -0.39 is 0 Å². The van der Waals surface area contributed by atoms with E-state index in [-0.39, 0.29) is 17.6 Å². The molecule has 0 radical (unpaired) electrons. The zero-order valence-electron chi connectivity index (χ0n) is 26.6. The molecule has 4 aromatic heterocycles. The Bertz CT molecular complexity index is 2090. The van der Waals surface area contributed by atoms with E-state index >= 15 is 0 Å². The number of H-pyrrole nitrogens is 2. The third-order valence-electron chi connectivity index (χ3n) is 9.55. The third kappa shape index (κ3) is 6.25. The Hall–Kier alpha value is -5.16. The number of aromatic nitrogens is 6. The van der Waals surface area contributed by atoms with Gasteiger partial charge in [0.1, 0.15) is 23.9 Å². The summed E-state index contributed by atoms with van der Waals surface area (Å²) in [6.45, 7) is 3.51. The van der Waals surface area contributed by atoms with Gasteiger partial charge in [0.2, 0.25) is 5.91 Å². The molecular formula is C37H37FN8O2. The van der Waals surface area contributed by atoms with E-state index in [9.17, 15) is 9.18 Å². The molecule has 10 nitrogen and oxygen atoms in total. The molecule has 1 aliphatic carbocycles. The van der Waals surface area contributed by atoms with Gasteiger partial charge in [0.15, 0.2) is 11.5 Å². The van der Waals surface area contributed by atoms with Crippen molar-refractivity contribution in [3.8, 4) is 39.5 Å². The summed E-state index contributed by atoms with van der Waals surface area (Å²) in [5.41, 5.74) is 6.59. The molecule has 11 heteroatoms. The number of anilines is 1. The smallest absolute Gasteiger partial charge is 0.227 e. The van der Waals surface area contributed by atoms with Gasteiger partial charge in [-0.1, -0.05) is 25.3 Å². The summed E-state index contributed by atoms with van der Waals surface area (Å²) < 4.78 is 20.8. The number of benzene rings is 2. The number of carbonyl (C=O) groups excluding carboxylic acids is 1. The lowest BCUT2D eigenvalue weighted by Gasteiger charge is -2.20. The maximum Gasteiger partial charge on any atom is 0.227 e. The van der Waals surface area contributed by atoms with Crippen molar-refractivity contribution >= 4 is 33.7 Å². The summed E-state index contributed by atoms with van der Waals surface area (Å²) in [5.74, 6) is 0.794. The minimum Gasteiger partial charge on any atom is -0.492 e. The maximum absolute atomic E-state index is 14.8. The van der Waals surface area contributed by atoms with Gasteiger partial charge in [-0.05, 0) is 86.3 Å². The average Bonchev–Trinajstić information content (AvgIpc) is 3.88. The van der Waals surface area contributed by atoms with Crippen molar-refractivity contribution in [1.29, 1.82) is 0 Å². The molecule has 2 fully saturated rings. The number of carbonyl (C=O) groups is 1. The average molecular weight is 645 g/mol. The van der Waals surface area contributed by atoms with Crippen LogP contribution in [0.25, 0.3) is 55.8 Å². The number of nitrogens with one attached hydrogen (secondary N) is 3. The Kier molecular flexibility index (Phi) is 8.27. The summed E-state index contributed by atoms with van der Waals surface area (Å²) in [5, 5.41) is 11.7. The molecule has 8 rings (SSSR count). The van der Waals surface area contributed by atoms with Gasteiger partial charge >= 0.3 is 0 Å². The van der Waals surface area contributed by atoms with Gasteiger partial charge < -0.3 is 15.0 Å². The molecule has 1 saturated carbocycles. The van der Waals surface area contributed by atoms with Gasteiger partial charge in [-0.15, -0.1) is 0 Å². The number of imidazole rings is 1. The van der Waals surface area contributed by atoms with Crippen LogP contribution < -0.4 is 10.1 Å². The van der Waals surface area contributed by atoms with Crippen LogP contribution in [0.15, 0.2) is 67.1 Å². The van der Waals surface area contributed by atoms with Crippen molar-refractivity contribution in [2.24, 2.45) is 5.92 Å². The molecule has 0 spiro atoms. The van der Waals surface area contributed by atoms with Gasteiger partial charge in [0.25, 0.3) is 0 Å². The summed E-state index contributed by atoms with van der Waals surface area (Å²) in [7, 11) is 0. The van der Waals surface area contributed by atoms with Gasteiger partial charge in [0, 0.05) is 47.4 Å². The quantitative estimate of drug-likeness (QED) is 0.150. The Balaban J connectivity index is 1.07. The molecular weight excluding hydrogens is 607 g/mol. The van der Waals surface area contributed by atoms with Crippen molar-refractivity contribution in [2.45, 2.75) is 44.9 Å². The number of pyridine rings is 2. The maximum atomic E-state index is 14.8. The molecule has 0 atom stereocenters. The van der Waals surface area contributed by atoms with Gasteiger partial charge in [-0.25, -0.2) is 14.4 Å². The number of nitrogens with zero attached hydrogens (tertiary/aromatic N) is 5. The van der Waals surface area contributed by atoms with Crippen LogP contribution in [0.1, 0.15) is 44.9 Å². The zero-order valence-corrected chi connectivity index (χ0v) is 26.6. The van der Waals surface area contributed by atoms with Crippen LogP contribution in [0.3, 0.4) is 0 Å². The van der Waals surface area contributed by atoms with Crippen LogP contribution in [-0.4, -0.2) is 67.2 Å². The number of likely N-dealkylation sites (tertiary alicyclic amines) is 1. The molecule has 3 N–H and O–H groups in total. The first-order chi connectivity index (χ1) is 23.6. The fourth-order valence-electron chi connectivity index (χ4n) is 7.01. The molecule has 1 amide bonds. The predicted octanol–water partition coefficient (Wildman–Crippen LogP) is 7.36. The summed E-state index contributed by atoms with van der Waals surface area (Å²) in [6, 6.07) is 14.6. The second-order valence-corrected chi connectivity index (χ2v) is 12.8. The molecule has 0 unspecified atom stereocenters. The fraction of sp³-hybridized carbons (Fsp3) is 0.324. The van der Waals surface area contributed by atoms with Crippen LogP contribution in [0.2, 0.25) is 0 Å². The summed E-state index contributed by atoms with van der Waals surface area (Å²) in [6.07, 6.45) is 12.9. The van der Waals surface area contributed by atoms with E-state index in [0.717, 1.165) is 72.9 Å². The molecule has 6 aromatic rings. The number of hydrogen-bond donors (Lipinski definition) is 3. The number of aromatic amines is 2. The highest BCUT2D eigenvalue weighted by Gasteiger charge is 2.22. The third-order valence-corrected chi connectivity index (χ3v) is 9.55. The normalized spacial score (nSPS) is 15.8. The molecule has 5 heterocycles. The number of hydrogen-bond acceptors (Lipinski definition) is 7. The number of halogens is 1. The Morgan fingerprint density at radius 2 is 1.83 bits per heavy atom. The number of fused-ring (bicyclic) bond motifs is 2. The Labute approximate surface area is 277 Å². The van der Waals surface area contributed by atoms with Crippen LogP contribution >= 0.6 is 0 Å². The van der Waals surface area contributed by atoms with Crippen LogP contribution in [0.5, 0.6) is 5.75 Å². The van der Waals surface area contributed by atoms with Gasteiger partial charge in [-0.2, -0.15) is 5.10 Å².